The summed E-state index contributed by atoms with van der Waals surface area (Å²) in [6.07, 6.45) is 2.16. The van der Waals surface area contributed by atoms with Gasteiger partial charge >= 0.3 is 0 Å². The van der Waals surface area contributed by atoms with Gasteiger partial charge in [0.1, 0.15) is 0 Å². The van der Waals surface area contributed by atoms with Crippen LogP contribution in [-0.2, 0) is 6.42 Å². The van der Waals surface area contributed by atoms with Crippen molar-refractivity contribution in [3.63, 3.8) is 0 Å². The molecule has 1 aromatic rings. The average molecular weight is 208 g/mol. The lowest BCUT2D eigenvalue weighted by molar-refractivity contribution is 0.149. The molecular formula is C12H16O3. The molecule has 15 heavy (non-hydrogen) atoms. The lowest BCUT2D eigenvalue weighted by Gasteiger charge is -2.12. The van der Waals surface area contributed by atoms with E-state index < -0.39 is 5.60 Å². The normalized spacial score (nSPS) is 17.5. The van der Waals surface area contributed by atoms with Gasteiger partial charge < -0.3 is 14.9 Å². The van der Waals surface area contributed by atoms with Crippen molar-refractivity contribution in [1.29, 1.82) is 0 Å². The average Bonchev–Trinajstić information content (AvgIpc) is 2.91. The fourth-order valence-corrected chi connectivity index (χ4v) is 1.66. The molecule has 1 aliphatic rings. The minimum Gasteiger partial charge on any atom is -0.504 e. The molecule has 0 aliphatic heterocycles. The van der Waals surface area contributed by atoms with Gasteiger partial charge in [0, 0.05) is 12.0 Å². The SMILES string of the molecule is CCOc1cccc(CC2(O)CC2)c1O. The first-order chi connectivity index (χ1) is 7.14. The van der Waals surface area contributed by atoms with E-state index in [-0.39, 0.29) is 5.75 Å². The topological polar surface area (TPSA) is 49.7 Å². The number of hydrogen-bond donors (Lipinski definition) is 2. The maximum atomic E-state index is 9.87. The first kappa shape index (κ1) is 10.3. The van der Waals surface area contributed by atoms with Gasteiger partial charge in [-0.1, -0.05) is 12.1 Å². The Morgan fingerprint density at radius 2 is 2.13 bits per heavy atom. The van der Waals surface area contributed by atoms with E-state index in [2.05, 4.69) is 0 Å². The Bertz CT molecular complexity index is 356. The van der Waals surface area contributed by atoms with Crippen LogP contribution in [0.15, 0.2) is 18.2 Å². The predicted octanol–water partition coefficient (Wildman–Crippen LogP) is 1.86. The van der Waals surface area contributed by atoms with Crippen LogP contribution in [-0.4, -0.2) is 22.4 Å². The van der Waals surface area contributed by atoms with E-state index in [1.165, 1.54) is 0 Å². The van der Waals surface area contributed by atoms with E-state index in [0.29, 0.717) is 18.8 Å². The van der Waals surface area contributed by atoms with Crippen LogP contribution in [0.2, 0.25) is 0 Å². The van der Waals surface area contributed by atoms with Crippen LogP contribution < -0.4 is 4.74 Å². The molecule has 2 rings (SSSR count). The summed E-state index contributed by atoms with van der Waals surface area (Å²) in [6, 6.07) is 5.40. The molecule has 0 saturated heterocycles. The smallest absolute Gasteiger partial charge is 0.161 e. The van der Waals surface area contributed by atoms with E-state index in [4.69, 9.17) is 4.74 Å². The van der Waals surface area contributed by atoms with Crippen LogP contribution in [0, 0.1) is 0 Å². The number of phenolic OH excluding ortho intramolecular Hbond substituents is 1. The second kappa shape index (κ2) is 3.74. The minimum absolute atomic E-state index is 0.166. The van der Waals surface area contributed by atoms with Crippen LogP contribution in [0.4, 0.5) is 0 Å². The zero-order chi connectivity index (χ0) is 10.9. The van der Waals surface area contributed by atoms with E-state index in [1.54, 1.807) is 6.07 Å². The number of aliphatic hydroxyl groups is 1. The molecule has 3 heteroatoms. The monoisotopic (exact) mass is 208 g/mol. The number of ether oxygens (including phenoxy) is 1. The van der Waals surface area contributed by atoms with Crippen molar-refractivity contribution in [2.24, 2.45) is 0 Å². The van der Waals surface area contributed by atoms with E-state index >= 15 is 0 Å². The third-order valence-electron chi connectivity index (χ3n) is 2.73. The zero-order valence-corrected chi connectivity index (χ0v) is 8.86. The van der Waals surface area contributed by atoms with Crippen molar-refractivity contribution in [2.45, 2.75) is 31.8 Å². The fourth-order valence-electron chi connectivity index (χ4n) is 1.66. The quantitative estimate of drug-likeness (QED) is 0.794. The van der Waals surface area contributed by atoms with Gasteiger partial charge in [-0.2, -0.15) is 0 Å². The highest BCUT2D eigenvalue weighted by Crippen LogP contribution is 2.41. The fraction of sp³-hybridized carbons (Fsp3) is 0.500. The number of aromatic hydroxyl groups is 1. The van der Waals surface area contributed by atoms with Gasteiger partial charge in [-0.3, -0.25) is 0 Å². The molecule has 1 aromatic carbocycles. The molecule has 0 atom stereocenters. The van der Waals surface area contributed by atoms with Gasteiger partial charge in [0.25, 0.3) is 0 Å². The highest BCUT2D eigenvalue weighted by Gasteiger charge is 2.40. The van der Waals surface area contributed by atoms with E-state index in [0.717, 1.165) is 18.4 Å². The second-order valence-corrected chi connectivity index (χ2v) is 4.10. The molecule has 0 bridgehead atoms. The third-order valence-corrected chi connectivity index (χ3v) is 2.73. The Morgan fingerprint density at radius 3 is 2.73 bits per heavy atom. The highest BCUT2D eigenvalue weighted by atomic mass is 16.5. The lowest BCUT2D eigenvalue weighted by Crippen LogP contribution is -2.10. The van der Waals surface area contributed by atoms with Gasteiger partial charge in [-0.05, 0) is 25.8 Å². The maximum Gasteiger partial charge on any atom is 0.161 e. The number of para-hydroxylation sites is 1. The summed E-state index contributed by atoms with van der Waals surface area (Å²) in [5, 5.41) is 19.7. The summed E-state index contributed by atoms with van der Waals surface area (Å²) >= 11 is 0. The van der Waals surface area contributed by atoms with Crippen LogP contribution >= 0.6 is 0 Å². The molecule has 82 valence electrons. The lowest BCUT2D eigenvalue weighted by atomic mass is 10.1. The zero-order valence-electron chi connectivity index (χ0n) is 8.86. The number of rotatable bonds is 4. The minimum atomic E-state index is -0.581. The van der Waals surface area contributed by atoms with Gasteiger partial charge in [-0.25, -0.2) is 0 Å². The Labute approximate surface area is 89.3 Å². The Kier molecular flexibility index (Phi) is 2.57. The molecule has 2 N–H and O–H groups in total. The molecule has 0 aromatic heterocycles. The molecular weight excluding hydrogens is 192 g/mol. The molecule has 0 spiro atoms. The molecule has 1 fully saturated rings. The molecule has 0 heterocycles. The van der Waals surface area contributed by atoms with Gasteiger partial charge in [-0.15, -0.1) is 0 Å². The van der Waals surface area contributed by atoms with Crippen molar-refractivity contribution in [3.05, 3.63) is 23.8 Å². The van der Waals surface area contributed by atoms with Gasteiger partial charge in [0.05, 0.1) is 12.2 Å². The molecule has 1 saturated carbocycles. The standard InChI is InChI=1S/C12H16O3/c1-2-15-10-5-3-4-9(11(10)13)8-12(14)6-7-12/h3-5,13-14H,2,6-8H2,1H3. The van der Waals surface area contributed by atoms with Crippen LogP contribution in [0.1, 0.15) is 25.3 Å². The van der Waals surface area contributed by atoms with Crippen molar-refractivity contribution in [1.82, 2.24) is 0 Å². The summed E-state index contributed by atoms with van der Waals surface area (Å²) in [5.41, 5.74) is 0.184. The van der Waals surface area contributed by atoms with Crippen molar-refractivity contribution >= 4 is 0 Å². The number of phenols is 1. The summed E-state index contributed by atoms with van der Waals surface area (Å²) in [5.74, 6) is 0.666. The maximum absolute atomic E-state index is 9.87. The molecule has 0 amide bonds. The number of hydrogen-bond acceptors (Lipinski definition) is 3. The van der Waals surface area contributed by atoms with E-state index in [9.17, 15) is 10.2 Å². The van der Waals surface area contributed by atoms with Gasteiger partial charge in [0.2, 0.25) is 0 Å². The summed E-state index contributed by atoms with van der Waals surface area (Å²) in [4.78, 5) is 0. The molecule has 0 unspecified atom stereocenters. The van der Waals surface area contributed by atoms with Crippen LogP contribution in [0.3, 0.4) is 0 Å². The van der Waals surface area contributed by atoms with Crippen LogP contribution in [0.25, 0.3) is 0 Å². The first-order valence-electron chi connectivity index (χ1n) is 5.31. The Balaban J connectivity index is 2.19. The second-order valence-electron chi connectivity index (χ2n) is 4.10. The van der Waals surface area contributed by atoms with E-state index in [1.807, 2.05) is 19.1 Å². The highest BCUT2D eigenvalue weighted by molar-refractivity contribution is 5.46. The predicted molar refractivity (Wildman–Crippen MR) is 57.2 cm³/mol. The number of benzene rings is 1. The van der Waals surface area contributed by atoms with Crippen molar-refractivity contribution in [3.8, 4) is 11.5 Å². The summed E-state index contributed by atoms with van der Waals surface area (Å²) in [7, 11) is 0. The van der Waals surface area contributed by atoms with Gasteiger partial charge in [0.15, 0.2) is 11.5 Å². The van der Waals surface area contributed by atoms with Crippen molar-refractivity contribution in [2.75, 3.05) is 6.61 Å². The first-order valence-corrected chi connectivity index (χ1v) is 5.31. The third kappa shape index (κ3) is 2.23. The largest absolute Gasteiger partial charge is 0.504 e. The summed E-state index contributed by atoms with van der Waals surface area (Å²) < 4.78 is 5.28. The molecule has 0 radical (unpaired) electrons. The van der Waals surface area contributed by atoms with Crippen LogP contribution in [0.5, 0.6) is 11.5 Å². The molecule has 1 aliphatic carbocycles. The molecule has 3 nitrogen and oxygen atoms in total. The summed E-state index contributed by atoms with van der Waals surface area (Å²) in [6.45, 7) is 2.40. The Hall–Kier alpha value is -1.22. The Morgan fingerprint density at radius 1 is 1.40 bits per heavy atom. The van der Waals surface area contributed by atoms with Crippen molar-refractivity contribution < 1.29 is 14.9 Å².